The van der Waals surface area contributed by atoms with Crippen molar-refractivity contribution in [2.75, 3.05) is 39.3 Å². The van der Waals surface area contributed by atoms with E-state index < -0.39 is 0 Å². The molecule has 0 spiro atoms. The lowest BCUT2D eigenvalue weighted by Crippen LogP contribution is -2.53. The van der Waals surface area contributed by atoms with Crippen LogP contribution in [0.5, 0.6) is 0 Å². The van der Waals surface area contributed by atoms with Gasteiger partial charge in [0.1, 0.15) is 0 Å². The zero-order valence-electron chi connectivity index (χ0n) is 16.9. The Bertz CT molecular complexity index is 621. The second kappa shape index (κ2) is 9.06. The van der Waals surface area contributed by atoms with Gasteiger partial charge in [-0.1, -0.05) is 6.42 Å². The minimum Gasteiger partial charge on any atom is -0.337 e. The first-order chi connectivity index (χ1) is 13.2. The fraction of sp³-hybridized carbons (Fsp3) is 0.773. The quantitative estimate of drug-likeness (QED) is 0.711. The minimum atomic E-state index is 0.318. The molecule has 3 aliphatic rings. The summed E-state index contributed by atoms with van der Waals surface area (Å²) in [7, 11) is 0. The summed E-state index contributed by atoms with van der Waals surface area (Å²) >= 11 is 1.91. The molecule has 4 rings (SSSR count). The molecule has 5 heteroatoms. The van der Waals surface area contributed by atoms with Gasteiger partial charge in [0, 0.05) is 47.9 Å². The van der Waals surface area contributed by atoms with Crippen LogP contribution in [0.25, 0.3) is 0 Å². The molecular formula is C22H35N3OS. The van der Waals surface area contributed by atoms with Crippen LogP contribution in [-0.4, -0.2) is 65.9 Å². The van der Waals surface area contributed by atoms with Crippen LogP contribution in [-0.2, 0) is 11.3 Å². The van der Waals surface area contributed by atoms with Crippen molar-refractivity contribution in [3.05, 3.63) is 21.9 Å². The number of nitrogens with zero attached hydrogens (tertiary/aromatic N) is 3. The van der Waals surface area contributed by atoms with E-state index >= 15 is 0 Å². The van der Waals surface area contributed by atoms with Gasteiger partial charge in [-0.15, -0.1) is 11.3 Å². The fourth-order valence-corrected chi connectivity index (χ4v) is 5.77. The SMILES string of the molecule is Cc1ccc(CN2CCCC(N(CCN3CCCC3)C(=O)C3CCC3)C2)s1. The summed E-state index contributed by atoms with van der Waals surface area (Å²) in [6, 6.07) is 4.91. The summed E-state index contributed by atoms with van der Waals surface area (Å²) in [6.45, 7) is 9.91. The van der Waals surface area contributed by atoms with Gasteiger partial charge in [-0.25, -0.2) is 0 Å². The molecule has 1 aromatic heterocycles. The summed E-state index contributed by atoms with van der Waals surface area (Å²) in [6.07, 6.45) is 8.52. The molecule has 2 saturated heterocycles. The maximum Gasteiger partial charge on any atom is 0.226 e. The highest BCUT2D eigenvalue weighted by Crippen LogP contribution is 2.30. The molecule has 27 heavy (non-hydrogen) atoms. The smallest absolute Gasteiger partial charge is 0.226 e. The van der Waals surface area contributed by atoms with E-state index in [2.05, 4.69) is 33.8 Å². The summed E-state index contributed by atoms with van der Waals surface area (Å²) in [5.41, 5.74) is 0. The highest BCUT2D eigenvalue weighted by atomic mass is 32.1. The van der Waals surface area contributed by atoms with E-state index in [1.807, 2.05) is 11.3 Å². The zero-order chi connectivity index (χ0) is 18.6. The monoisotopic (exact) mass is 389 g/mol. The van der Waals surface area contributed by atoms with E-state index in [9.17, 15) is 4.79 Å². The van der Waals surface area contributed by atoms with Crippen LogP contribution in [0.3, 0.4) is 0 Å². The van der Waals surface area contributed by atoms with E-state index in [4.69, 9.17) is 0 Å². The van der Waals surface area contributed by atoms with E-state index in [1.165, 1.54) is 61.5 Å². The van der Waals surface area contributed by atoms with Gasteiger partial charge in [0.05, 0.1) is 0 Å². The molecule has 0 N–H and O–H groups in total. The number of piperidine rings is 1. The van der Waals surface area contributed by atoms with Crippen molar-refractivity contribution >= 4 is 17.2 Å². The molecule has 2 aliphatic heterocycles. The minimum absolute atomic E-state index is 0.318. The van der Waals surface area contributed by atoms with Gasteiger partial charge in [0.2, 0.25) is 5.91 Å². The van der Waals surface area contributed by atoms with Gasteiger partial charge in [-0.2, -0.15) is 0 Å². The topological polar surface area (TPSA) is 26.8 Å². The van der Waals surface area contributed by atoms with Gasteiger partial charge in [0.15, 0.2) is 0 Å². The fourth-order valence-electron chi connectivity index (χ4n) is 4.84. The molecule has 0 radical (unpaired) electrons. The predicted octanol–water partition coefficient (Wildman–Crippen LogP) is 3.75. The number of hydrogen-bond acceptors (Lipinski definition) is 4. The van der Waals surface area contributed by atoms with Crippen LogP contribution in [0.4, 0.5) is 0 Å². The summed E-state index contributed by atoms with van der Waals surface area (Å²) in [5.74, 6) is 0.776. The highest BCUT2D eigenvalue weighted by molar-refractivity contribution is 7.11. The lowest BCUT2D eigenvalue weighted by molar-refractivity contribution is -0.142. The maximum absolute atomic E-state index is 13.2. The van der Waals surface area contributed by atoms with Gasteiger partial charge in [0.25, 0.3) is 0 Å². The lowest BCUT2D eigenvalue weighted by Gasteiger charge is -2.42. The molecule has 3 heterocycles. The number of aryl methyl sites for hydroxylation is 1. The maximum atomic E-state index is 13.2. The number of amides is 1. The first-order valence-electron chi connectivity index (χ1n) is 11.0. The van der Waals surface area contributed by atoms with Gasteiger partial charge in [-0.05, 0) is 77.2 Å². The van der Waals surface area contributed by atoms with Crippen LogP contribution in [0.2, 0.25) is 0 Å². The molecule has 4 nitrogen and oxygen atoms in total. The number of likely N-dealkylation sites (tertiary alicyclic amines) is 2. The molecule has 0 bridgehead atoms. The third-order valence-electron chi connectivity index (χ3n) is 6.69. The number of carbonyl (C=O) groups is 1. The third kappa shape index (κ3) is 4.93. The Labute approximate surface area is 168 Å². The molecule has 1 atom stereocenters. The number of rotatable bonds is 7. The van der Waals surface area contributed by atoms with Crippen molar-refractivity contribution < 1.29 is 4.79 Å². The molecule has 3 fully saturated rings. The lowest BCUT2D eigenvalue weighted by atomic mass is 9.83. The molecule has 1 saturated carbocycles. The Hall–Kier alpha value is -0.910. The summed E-state index contributed by atoms with van der Waals surface area (Å²) < 4.78 is 0. The standard InChI is InChI=1S/C22H35N3OS/c1-18-9-10-21(27-18)17-24-13-5-8-20(16-24)25(22(26)19-6-4-7-19)15-14-23-11-2-3-12-23/h9-10,19-20H,2-8,11-17H2,1H3. The highest BCUT2D eigenvalue weighted by Gasteiger charge is 2.35. The Kier molecular flexibility index (Phi) is 6.51. The van der Waals surface area contributed by atoms with Gasteiger partial charge >= 0.3 is 0 Å². The third-order valence-corrected chi connectivity index (χ3v) is 7.68. The van der Waals surface area contributed by atoms with E-state index in [0.717, 1.165) is 39.0 Å². The molecule has 1 aromatic rings. The molecule has 1 amide bonds. The second-order valence-electron chi connectivity index (χ2n) is 8.75. The second-order valence-corrected chi connectivity index (χ2v) is 10.1. The Morgan fingerprint density at radius 1 is 1.07 bits per heavy atom. The largest absolute Gasteiger partial charge is 0.337 e. The Balaban J connectivity index is 1.38. The average molecular weight is 390 g/mol. The summed E-state index contributed by atoms with van der Waals surface area (Å²) in [5, 5.41) is 0. The van der Waals surface area contributed by atoms with Crippen molar-refractivity contribution in [2.45, 2.75) is 64.5 Å². The van der Waals surface area contributed by atoms with Crippen molar-refractivity contribution in [3.63, 3.8) is 0 Å². The van der Waals surface area contributed by atoms with Crippen molar-refractivity contribution in [1.29, 1.82) is 0 Å². The first kappa shape index (κ1) is 19.4. The van der Waals surface area contributed by atoms with Crippen LogP contribution < -0.4 is 0 Å². The van der Waals surface area contributed by atoms with E-state index in [0.29, 0.717) is 17.9 Å². The molecular weight excluding hydrogens is 354 g/mol. The van der Waals surface area contributed by atoms with Gasteiger partial charge < -0.3 is 9.80 Å². The summed E-state index contributed by atoms with van der Waals surface area (Å²) in [4.78, 5) is 23.5. The average Bonchev–Trinajstić information content (AvgIpc) is 3.26. The Morgan fingerprint density at radius 3 is 2.52 bits per heavy atom. The zero-order valence-corrected chi connectivity index (χ0v) is 17.7. The number of hydrogen-bond donors (Lipinski definition) is 0. The van der Waals surface area contributed by atoms with Crippen molar-refractivity contribution in [1.82, 2.24) is 14.7 Å². The normalized spacial score (nSPS) is 24.9. The predicted molar refractivity (Wildman–Crippen MR) is 112 cm³/mol. The van der Waals surface area contributed by atoms with Crippen molar-refractivity contribution in [2.24, 2.45) is 5.92 Å². The molecule has 1 unspecified atom stereocenters. The Morgan fingerprint density at radius 2 is 1.85 bits per heavy atom. The van der Waals surface area contributed by atoms with Crippen molar-refractivity contribution in [3.8, 4) is 0 Å². The number of carbonyl (C=O) groups excluding carboxylic acids is 1. The van der Waals surface area contributed by atoms with Crippen LogP contribution >= 0.6 is 11.3 Å². The first-order valence-corrected chi connectivity index (χ1v) is 11.8. The van der Waals surface area contributed by atoms with Gasteiger partial charge in [-0.3, -0.25) is 9.69 Å². The van der Waals surface area contributed by atoms with E-state index in [-0.39, 0.29) is 0 Å². The van der Waals surface area contributed by atoms with Crippen LogP contribution in [0, 0.1) is 12.8 Å². The molecule has 150 valence electrons. The van der Waals surface area contributed by atoms with Crippen LogP contribution in [0.1, 0.15) is 54.7 Å². The number of thiophene rings is 1. The molecule has 1 aliphatic carbocycles. The molecule has 0 aromatic carbocycles. The van der Waals surface area contributed by atoms with E-state index in [1.54, 1.807) is 0 Å². The van der Waals surface area contributed by atoms with Crippen LogP contribution in [0.15, 0.2) is 12.1 Å².